The van der Waals surface area contributed by atoms with E-state index in [0.29, 0.717) is 24.6 Å². The standard InChI is InChI=1S/C21H29N5O2/c1-4-5-10-24(2)21-22-15-17(16-23-21)20(27)26-13-11-25(12-14-26)18-8-6-7-9-19(18)28-3/h6-9,15-16H,4-5,10-14H2,1-3H3. The van der Waals surface area contributed by atoms with Gasteiger partial charge in [0.2, 0.25) is 5.95 Å². The number of amides is 1. The molecule has 28 heavy (non-hydrogen) atoms. The third-order valence-electron chi connectivity index (χ3n) is 5.07. The molecule has 0 aliphatic carbocycles. The number of benzene rings is 1. The number of hydrogen-bond acceptors (Lipinski definition) is 6. The lowest BCUT2D eigenvalue weighted by Gasteiger charge is -2.36. The molecule has 0 atom stereocenters. The van der Waals surface area contributed by atoms with Crippen LogP contribution in [0.4, 0.5) is 11.6 Å². The van der Waals surface area contributed by atoms with Crippen molar-refractivity contribution in [3.05, 3.63) is 42.2 Å². The maximum Gasteiger partial charge on any atom is 0.257 e. The Morgan fingerprint density at radius 1 is 1.14 bits per heavy atom. The van der Waals surface area contributed by atoms with Gasteiger partial charge >= 0.3 is 0 Å². The van der Waals surface area contributed by atoms with Gasteiger partial charge in [-0.25, -0.2) is 9.97 Å². The number of nitrogens with zero attached hydrogens (tertiary/aromatic N) is 5. The first-order valence-corrected chi connectivity index (χ1v) is 9.84. The van der Waals surface area contributed by atoms with Crippen molar-refractivity contribution < 1.29 is 9.53 Å². The summed E-state index contributed by atoms with van der Waals surface area (Å²) in [5, 5.41) is 0. The lowest BCUT2D eigenvalue weighted by molar-refractivity contribution is 0.0746. The number of rotatable bonds is 7. The SMILES string of the molecule is CCCCN(C)c1ncc(C(=O)N2CCN(c3ccccc3OC)CC2)cn1. The summed E-state index contributed by atoms with van der Waals surface area (Å²) in [4.78, 5) is 27.7. The van der Waals surface area contributed by atoms with Crippen molar-refractivity contribution in [2.75, 3.05) is 56.7 Å². The molecule has 2 aromatic rings. The highest BCUT2D eigenvalue weighted by Gasteiger charge is 2.24. The Balaban J connectivity index is 1.59. The fourth-order valence-corrected chi connectivity index (χ4v) is 3.35. The van der Waals surface area contributed by atoms with E-state index in [9.17, 15) is 4.79 Å². The van der Waals surface area contributed by atoms with Gasteiger partial charge in [-0.05, 0) is 18.6 Å². The van der Waals surface area contributed by atoms with Gasteiger partial charge < -0.3 is 19.4 Å². The molecule has 1 aliphatic rings. The lowest BCUT2D eigenvalue weighted by Crippen LogP contribution is -2.49. The molecule has 1 aliphatic heterocycles. The molecule has 1 saturated heterocycles. The zero-order valence-electron chi connectivity index (χ0n) is 17.0. The van der Waals surface area contributed by atoms with Crippen LogP contribution in [0.25, 0.3) is 0 Å². The Kier molecular flexibility index (Phi) is 6.68. The van der Waals surface area contributed by atoms with Gasteiger partial charge in [-0.2, -0.15) is 0 Å². The Hall–Kier alpha value is -2.83. The van der Waals surface area contributed by atoms with Gasteiger partial charge in [0.15, 0.2) is 0 Å². The summed E-state index contributed by atoms with van der Waals surface area (Å²) < 4.78 is 5.45. The first-order chi connectivity index (χ1) is 13.6. The summed E-state index contributed by atoms with van der Waals surface area (Å²) in [5.41, 5.74) is 1.61. The highest BCUT2D eigenvalue weighted by molar-refractivity contribution is 5.93. The van der Waals surface area contributed by atoms with Crippen molar-refractivity contribution in [2.24, 2.45) is 0 Å². The van der Waals surface area contributed by atoms with Crippen LogP contribution in [-0.4, -0.2) is 67.7 Å². The summed E-state index contributed by atoms with van der Waals surface area (Å²) in [5.74, 6) is 1.51. The summed E-state index contributed by atoms with van der Waals surface area (Å²) in [6.07, 6.45) is 5.50. The van der Waals surface area contributed by atoms with E-state index >= 15 is 0 Å². The highest BCUT2D eigenvalue weighted by atomic mass is 16.5. The summed E-state index contributed by atoms with van der Waals surface area (Å²) in [6, 6.07) is 7.98. The van der Waals surface area contributed by atoms with E-state index in [1.54, 1.807) is 19.5 Å². The molecular weight excluding hydrogens is 354 g/mol. The summed E-state index contributed by atoms with van der Waals surface area (Å²) in [6.45, 7) is 5.93. The van der Waals surface area contributed by atoms with Gasteiger partial charge in [0.05, 0.1) is 18.4 Å². The van der Waals surface area contributed by atoms with Crippen LogP contribution in [0.5, 0.6) is 5.75 Å². The van der Waals surface area contributed by atoms with E-state index in [0.717, 1.165) is 43.9 Å². The molecule has 7 heteroatoms. The topological polar surface area (TPSA) is 61.8 Å². The molecule has 0 unspecified atom stereocenters. The Morgan fingerprint density at radius 3 is 2.46 bits per heavy atom. The smallest absolute Gasteiger partial charge is 0.257 e. The molecule has 1 aromatic heterocycles. The minimum absolute atomic E-state index is 0.0116. The van der Waals surface area contributed by atoms with Crippen LogP contribution in [0.2, 0.25) is 0 Å². The van der Waals surface area contributed by atoms with Crippen LogP contribution in [0.3, 0.4) is 0 Å². The van der Waals surface area contributed by atoms with Crippen molar-refractivity contribution in [3.8, 4) is 5.75 Å². The molecule has 0 spiro atoms. The van der Waals surface area contributed by atoms with Gasteiger partial charge in [-0.1, -0.05) is 25.5 Å². The molecule has 1 amide bonds. The Morgan fingerprint density at radius 2 is 1.82 bits per heavy atom. The lowest BCUT2D eigenvalue weighted by atomic mass is 10.2. The van der Waals surface area contributed by atoms with E-state index in [-0.39, 0.29) is 5.91 Å². The molecule has 1 aromatic carbocycles. The van der Waals surface area contributed by atoms with Gasteiger partial charge in [0.1, 0.15) is 5.75 Å². The van der Waals surface area contributed by atoms with Crippen molar-refractivity contribution in [3.63, 3.8) is 0 Å². The van der Waals surface area contributed by atoms with E-state index in [1.807, 2.05) is 35.0 Å². The third-order valence-corrected chi connectivity index (χ3v) is 5.07. The first-order valence-electron chi connectivity index (χ1n) is 9.84. The third kappa shape index (κ3) is 4.52. The fourth-order valence-electron chi connectivity index (χ4n) is 3.35. The van der Waals surface area contributed by atoms with Crippen LogP contribution >= 0.6 is 0 Å². The normalized spacial score (nSPS) is 14.1. The quantitative estimate of drug-likeness (QED) is 0.733. The second-order valence-corrected chi connectivity index (χ2v) is 7.00. The zero-order valence-corrected chi connectivity index (χ0v) is 17.0. The molecule has 0 saturated carbocycles. The first kappa shape index (κ1) is 19.9. The molecule has 0 radical (unpaired) electrons. The van der Waals surface area contributed by atoms with Crippen molar-refractivity contribution >= 4 is 17.5 Å². The molecule has 3 rings (SSSR count). The number of ether oxygens (including phenoxy) is 1. The van der Waals surface area contributed by atoms with Crippen molar-refractivity contribution in [2.45, 2.75) is 19.8 Å². The van der Waals surface area contributed by atoms with Crippen molar-refractivity contribution in [1.82, 2.24) is 14.9 Å². The second-order valence-electron chi connectivity index (χ2n) is 7.00. The number of hydrogen-bond donors (Lipinski definition) is 0. The fraction of sp³-hybridized carbons (Fsp3) is 0.476. The molecule has 0 N–H and O–H groups in total. The number of unbranched alkanes of at least 4 members (excludes halogenated alkanes) is 1. The van der Waals surface area contributed by atoms with Crippen LogP contribution in [0, 0.1) is 0 Å². The molecule has 2 heterocycles. The number of para-hydroxylation sites is 2. The molecule has 0 bridgehead atoms. The molecular formula is C21H29N5O2. The Bertz CT molecular complexity index is 773. The van der Waals surface area contributed by atoms with E-state index in [1.165, 1.54) is 0 Å². The monoisotopic (exact) mass is 383 g/mol. The minimum Gasteiger partial charge on any atom is -0.495 e. The second kappa shape index (κ2) is 9.39. The predicted octanol–water partition coefficient (Wildman–Crippen LogP) is 2.68. The largest absolute Gasteiger partial charge is 0.495 e. The average Bonchev–Trinajstić information content (AvgIpc) is 2.77. The number of methoxy groups -OCH3 is 1. The maximum atomic E-state index is 12.8. The number of anilines is 2. The molecule has 1 fully saturated rings. The van der Waals surface area contributed by atoms with Crippen LogP contribution in [-0.2, 0) is 0 Å². The maximum absolute atomic E-state index is 12.8. The predicted molar refractivity (Wildman–Crippen MR) is 111 cm³/mol. The number of piperazine rings is 1. The zero-order chi connectivity index (χ0) is 19.9. The van der Waals surface area contributed by atoms with Gasteiger partial charge in [-0.15, -0.1) is 0 Å². The average molecular weight is 383 g/mol. The van der Waals surface area contributed by atoms with Gasteiger partial charge in [0, 0.05) is 52.2 Å². The van der Waals surface area contributed by atoms with Crippen LogP contribution in [0.15, 0.2) is 36.7 Å². The van der Waals surface area contributed by atoms with Crippen LogP contribution in [0.1, 0.15) is 30.1 Å². The summed E-state index contributed by atoms with van der Waals surface area (Å²) in [7, 11) is 3.66. The van der Waals surface area contributed by atoms with Crippen molar-refractivity contribution in [1.29, 1.82) is 0 Å². The Labute approximate surface area is 166 Å². The van der Waals surface area contributed by atoms with Gasteiger partial charge in [-0.3, -0.25) is 4.79 Å². The number of aromatic nitrogens is 2. The van der Waals surface area contributed by atoms with Crippen LogP contribution < -0.4 is 14.5 Å². The van der Waals surface area contributed by atoms with Gasteiger partial charge in [0.25, 0.3) is 5.91 Å². The number of carbonyl (C=O) groups is 1. The van der Waals surface area contributed by atoms with E-state index in [2.05, 4.69) is 27.9 Å². The van der Waals surface area contributed by atoms with E-state index < -0.39 is 0 Å². The molecule has 150 valence electrons. The van der Waals surface area contributed by atoms with E-state index in [4.69, 9.17) is 4.74 Å². The highest BCUT2D eigenvalue weighted by Crippen LogP contribution is 2.28. The minimum atomic E-state index is -0.0116. The molecule has 7 nitrogen and oxygen atoms in total. The number of carbonyl (C=O) groups excluding carboxylic acids is 1. The summed E-state index contributed by atoms with van der Waals surface area (Å²) >= 11 is 0.